The van der Waals surface area contributed by atoms with E-state index in [0.29, 0.717) is 11.5 Å². The molecule has 0 saturated carbocycles. The molecule has 0 aliphatic carbocycles. The largest absolute Gasteiger partial charge is 0.274 e. The number of nitrogens with zero attached hydrogens (tertiary/aromatic N) is 5. The average Bonchev–Trinajstić information content (AvgIpc) is 2.60. The van der Waals surface area contributed by atoms with Gasteiger partial charge >= 0.3 is 0 Å². The van der Waals surface area contributed by atoms with E-state index in [1.54, 1.807) is 17.1 Å². The summed E-state index contributed by atoms with van der Waals surface area (Å²) in [5.74, 6) is 0.514. The highest BCUT2D eigenvalue weighted by atomic mass is 127. The Morgan fingerprint density at radius 1 is 1.20 bits per heavy atom. The first-order valence-corrected chi connectivity index (χ1v) is 5.99. The van der Waals surface area contributed by atoms with Gasteiger partial charge in [0.25, 0.3) is 0 Å². The molecular weight excluding hydrogens is 420 g/mol. The standard InChI is InChI=1S/C8H3I2N5/c9-6-7(10)15(4-14-6)8-5(3-11)12-1-2-13-8/h1-2,4H. The SMILES string of the molecule is N#Cc1nccnc1-n1cnc(I)c1I. The highest BCUT2D eigenvalue weighted by Crippen LogP contribution is 2.18. The van der Waals surface area contributed by atoms with Crippen LogP contribution in [0.4, 0.5) is 0 Å². The molecule has 15 heavy (non-hydrogen) atoms. The van der Waals surface area contributed by atoms with E-state index in [4.69, 9.17) is 5.26 Å². The first kappa shape index (κ1) is 10.7. The molecule has 0 aliphatic heterocycles. The van der Waals surface area contributed by atoms with Gasteiger partial charge < -0.3 is 0 Å². The first-order chi connectivity index (χ1) is 7.24. The zero-order chi connectivity index (χ0) is 10.8. The van der Waals surface area contributed by atoms with Crippen LogP contribution in [-0.4, -0.2) is 19.5 Å². The third kappa shape index (κ3) is 1.96. The minimum absolute atomic E-state index is 0.296. The molecule has 0 fully saturated rings. The van der Waals surface area contributed by atoms with Gasteiger partial charge in [0.15, 0.2) is 11.5 Å². The quantitative estimate of drug-likeness (QED) is 0.656. The summed E-state index contributed by atoms with van der Waals surface area (Å²) in [6, 6.07) is 2.00. The molecule has 2 aromatic heterocycles. The van der Waals surface area contributed by atoms with E-state index in [9.17, 15) is 0 Å². The fourth-order valence-electron chi connectivity index (χ4n) is 1.05. The van der Waals surface area contributed by atoms with Crippen LogP contribution in [0.5, 0.6) is 0 Å². The van der Waals surface area contributed by atoms with Crippen molar-refractivity contribution in [3.63, 3.8) is 0 Å². The monoisotopic (exact) mass is 423 g/mol. The number of rotatable bonds is 1. The summed E-state index contributed by atoms with van der Waals surface area (Å²) < 4.78 is 3.54. The zero-order valence-electron chi connectivity index (χ0n) is 7.22. The normalized spacial score (nSPS) is 9.93. The first-order valence-electron chi connectivity index (χ1n) is 3.84. The molecule has 2 rings (SSSR count). The lowest BCUT2D eigenvalue weighted by molar-refractivity contribution is 0.939. The smallest absolute Gasteiger partial charge is 0.183 e. The second kappa shape index (κ2) is 4.40. The van der Waals surface area contributed by atoms with Gasteiger partial charge in [0, 0.05) is 12.4 Å². The van der Waals surface area contributed by atoms with Gasteiger partial charge in [-0.3, -0.25) is 4.57 Å². The summed E-state index contributed by atoms with van der Waals surface area (Å²) in [7, 11) is 0. The molecule has 2 aromatic rings. The zero-order valence-corrected chi connectivity index (χ0v) is 11.5. The molecular formula is C8H3I2N5. The van der Waals surface area contributed by atoms with Gasteiger partial charge in [-0.05, 0) is 45.2 Å². The highest BCUT2D eigenvalue weighted by molar-refractivity contribution is 14.1. The third-order valence-electron chi connectivity index (χ3n) is 1.68. The van der Waals surface area contributed by atoms with Gasteiger partial charge in [0.1, 0.15) is 19.8 Å². The van der Waals surface area contributed by atoms with Crippen LogP contribution in [-0.2, 0) is 0 Å². The third-order valence-corrected chi connectivity index (χ3v) is 4.53. The predicted molar refractivity (Wildman–Crippen MR) is 69.3 cm³/mol. The van der Waals surface area contributed by atoms with E-state index in [-0.39, 0.29) is 0 Å². The summed E-state index contributed by atoms with van der Waals surface area (Å²) in [6.45, 7) is 0. The van der Waals surface area contributed by atoms with E-state index in [1.165, 1.54) is 6.20 Å². The molecule has 7 heteroatoms. The number of nitriles is 1. The van der Waals surface area contributed by atoms with Crippen LogP contribution in [0, 0.1) is 18.7 Å². The van der Waals surface area contributed by atoms with Crippen molar-refractivity contribution in [2.75, 3.05) is 0 Å². The number of aromatic nitrogens is 4. The van der Waals surface area contributed by atoms with Gasteiger partial charge in [-0.15, -0.1) is 0 Å². The molecule has 0 aliphatic rings. The lowest BCUT2D eigenvalue weighted by atomic mass is 10.4. The minimum atomic E-state index is 0.296. The molecule has 0 unspecified atom stereocenters. The van der Waals surface area contributed by atoms with Crippen molar-refractivity contribution in [1.82, 2.24) is 19.5 Å². The fraction of sp³-hybridized carbons (Fsp3) is 0. The van der Waals surface area contributed by atoms with Crippen LogP contribution in [0.25, 0.3) is 5.82 Å². The Balaban J connectivity index is 2.65. The molecule has 0 N–H and O–H groups in total. The molecule has 0 radical (unpaired) electrons. The maximum atomic E-state index is 8.89. The van der Waals surface area contributed by atoms with Crippen LogP contribution < -0.4 is 0 Å². The molecule has 0 spiro atoms. The molecule has 0 saturated heterocycles. The Morgan fingerprint density at radius 2 is 1.93 bits per heavy atom. The maximum Gasteiger partial charge on any atom is 0.183 e. The Hall–Kier alpha value is -0.760. The van der Waals surface area contributed by atoms with Crippen molar-refractivity contribution in [2.45, 2.75) is 0 Å². The van der Waals surface area contributed by atoms with Gasteiger partial charge in [0.05, 0.1) is 0 Å². The predicted octanol–water partition coefficient (Wildman–Crippen LogP) is 1.74. The molecule has 74 valence electrons. The van der Waals surface area contributed by atoms with E-state index < -0.39 is 0 Å². The summed E-state index contributed by atoms with van der Waals surface area (Å²) in [6.07, 6.45) is 4.68. The number of hydrogen-bond acceptors (Lipinski definition) is 4. The molecule has 0 atom stereocenters. The van der Waals surface area contributed by atoms with E-state index in [0.717, 1.165) is 7.40 Å². The summed E-state index contributed by atoms with van der Waals surface area (Å²) in [5.41, 5.74) is 0.296. The van der Waals surface area contributed by atoms with Crippen LogP contribution >= 0.6 is 45.2 Å². The number of imidazole rings is 1. The molecule has 0 bridgehead atoms. The van der Waals surface area contributed by atoms with Crippen molar-refractivity contribution in [1.29, 1.82) is 5.26 Å². The van der Waals surface area contributed by atoms with Crippen molar-refractivity contribution in [3.05, 3.63) is 31.8 Å². The van der Waals surface area contributed by atoms with Crippen molar-refractivity contribution >= 4 is 45.2 Å². The Kier molecular flexibility index (Phi) is 3.15. The van der Waals surface area contributed by atoms with Gasteiger partial charge in [-0.2, -0.15) is 5.26 Å². The van der Waals surface area contributed by atoms with E-state index >= 15 is 0 Å². The Bertz CT molecular complexity index is 542. The van der Waals surface area contributed by atoms with Crippen molar-refractivity contribution in [2.24, 2.45) is 0 Å². The van der Waals surface area contributed by atoms with Gasteiger partial charge in [-0.1, -0.05) is 0 Å². The van der Waals surface area contributed by atoms with E-state index in [1.807, 2.05) is 6.07 Å². The van der Waals surface area contributed by atoms with Crippen LogP contribution in [0.2, 0.25) is 0 Å². The number of hydrogen-bond donors (Lipinski definition) is 0. The maximum absolute atomic E-state index is 8.89. The lowest BCUT2D eigenvalue weighted by Gasteiger charge is -2.03. The highest BCUT2D eigenvalue weighted by Gasteiger charge is 2.12. The van der Waals surface area contributed by atoms with Gasteiger partial charge in [-0.25, -0.2) is 15.0 Å². The second-order valence-electron chi connectivity index (χ2n) is 2.54. The number of halogens is 2. The topological polar surface area (TPSA) is 67.4 Å². The van der Waals surface area contributed by atoms with Gasteiger partial charge in [0.2, 0.25) is 0 Å². The summed E-state index contributed by atoms with van der Waals surface area (Å²) >= 11 is 4.28. The van der Waals surface area contributed by atoms with Crippen LogP contribution in [0.3, 0.4) is 0 Å². The van der Waals surface area contributed by atoms with Crippen molar-refractivity contribution in [3.8, 4) is 11.9 Å². The van der Waals surface area contributed by atoms with Crippen LogP contribution in [0.1, 0.15) is 5.69 Å². The van der Waals surface area contributed by atoms with Crippen molar-refractivity contribution < 1.29 is 0 Å². The minimum Gasteiger partial charge on any atom is -0.274 e. The average molecular weight is 423 g/mol. The van der Waals surface area contributed by atoms with Crippen LogP contribution in [0.15, 0.2) is 18.7 Å². The lowest BCUT2D eigenvalue weighted by Crippen LogP contribution is -2.03. The second-order valence-corrected chi connectivity index (χ2v) is 4.58. The molecule has 0 amide bonds. The fourth-order valence-corrected chi connectivity index (χ4v) is 1.92. The summed E-state index contributed by atoms with van der Waals surface area (Å²) in [5, 5.41) is 8.89. The Morgan fingerprint density at radius 3 is 2.53 bits per heavy atom. The Labute approximate surface area is 113 Å². The molecule has 0 aromatic carbocycles. The molecule has 5 nitrogen and oxygen atoms in total. The molecule has 2 heterocycles. The van der Waals surface area contributed by atoms with E-state index in [2.05, 4.69) is 60.1 Å². The summed E-state index contributed by atoms with van der Waals surface area (Å²) in [4.78, 5) is 12.2.